The van der Waals surface area contributed by atoms with Gasteiger partial charge in [0, 0.05) is 78.8 Å². The molecule has 11 heteroatoms. The molecule has 2 amide bonds. The van der Waals surface area contributed by atoms with E-state index in [2.05, 4.69) is 67.3 Å². The van der Waals surface area contributed by atoms with Gasteiger partial charge < -0.3 is 33.9 Å². The predicted octanol–water partition coefficient (Wildman–Crippen LogP) is 5.03. The molecule has 5 rings (SSSR count). The lowest BCUT2D eigenvalue weighted by Gasteiger charge is -2.34. The van der Waals surface area contributed by atoms with Crippen LogP contribution < -0.4 is 19.3 Å². The number of hydrogen-bond donors (Lipinski definition) is 0. The highest BCUT2D eigenvalue weighted by Crippen LogP contribution is 2.19. The van der Waals surface area contributed by atoms with Gasteiger partial charge in [-0.3, -0.25) is 19.4 Å². The molecule has 0 N–H and O–H groups in total. The first-order valence-electron chi connectivity index (χ1n) is 18.2. The largest absolute Gasteiger partial charge is 0.497 e. The molecular weight excluding hydrogens is 681 g/mol. The standard InChI is InChI=1S/C25H32N4O4.C18H24N2O/c1-26(2)22-8-4-20(5-9-22)16-29(17-21-6-10-23(33-3)11-7-21)25(32)19-27-12-13-28(14-15-30)24(31)18-27;1-19(2)17-9-5-15(6-10-17)13-20(3)14-16-7-11-18(21-4)12-8-16/h4-11,15H,12-14,16-19H2,1-3H3;5-12H,13-14H2,1-4H3. The van der Waals surface area contributed by atoms with E-state index in [0.717, 1.165) is 47.7 Å². The van der Waals surface area contributed by atoms with Crippen molar-refractivity contribution in [1.29, 1.82) is 0 Å². The lowest BCUT2D eigenvalue weighted by molar-refractivity contribution is -0.141. The fraction of sp³-hybridized carbons (Fsp3) is 0.372. The third-order valence-corrected chi connectivity index (χ3v) is 9.28. The maximum Gasteiger partial charge on any atom is 0.237 e. The molecule has 1 aliphatic rings. The number of carbonyl (C=O) groups excluding carboxylic acids is 3. The molecule has 4 aromatic rings. The van der Waals surface area contributed by atoms with Crippen LogP contribution in [0.3, 0.4) is 0 Å². The van der Waals surface area contributed by atoms with E-state index in [0.29, 0.717) is 26.2 Å². The first-order chi connectivity index (χ1) is 26.0. The van der Waals surface area contributed by atoms with Crippen molar-refractivity contribution in [2.24, 2.45) is 0 Å². The molecule has 1 fully saturated rings. The van der Waals surface area contributed by atoms with E-state index in [9.17, 15) is 14.4 Å². The summed E-state index contributed by atoms with van der Waals surface area (Å²) in [6.07, 6.45) is 0.733. The molecule has 0 unspecified atom stereocenters. The van der Waals surface area contributed by atoms with Crippen molar-refractivity contribution in [3.05, 3.63) is 119 Å². The van der Waals surface area contributed by atoms with E-state index in [-0.39, 0.29) is 31.4 Å². The highest BCUT2D eigenvalue weighted by molar-refractivity contribution is 5.83. The molecule has 54 heavy (non-hydrogen) atoms. The van der Waals surface area contributed by atoms with Gasteiger partial charge in [0.25, 0.3) is 0 Å². The summed E-state index contributed by atoms with van der Waals surface area (Å²) in [6.45, 7) is 4.23. The van der Waals surface area contributed by atoms with Crippen molar-refractivity contribution < 1.29 is 23.9 Å². The maximum absolute atomic E-state index is 13.3. The Morgan fingerprint density at radius 1 is 0.630 bits per heavy atom. The van der Waals surface area contributed by atoms with E-state index < -0.39 is 0 Å². The van der Waals surface area contributed by atoms with Crippen LogP contribution in [0.25, 0.3) is 0 Å². The summed E-state index contributed by atoms with van der Waals surface area (Å²) < 4.78 is 10.4. The third-order valence-electron chi connectivity index (χ3n) is 9.28. The van der Waals surface area contributed by atoms with Crippen molar-refractivity contribution in [2.75, 3.05) is 92.0 Å². The molecule has 1 heterocycles. The fourth-order valence-electron chi connectivity index (χ4n) is 6.08. The molecule has 4 aromatic carbocycles. The van der Waals surface area contributed by atoms with Gasteiger partial charge in [0.2, 0.25) is 11.8 Å². The van der Waals surface area contributed by atoms with Gasteiger partial charge in [-0.05, 0) is 77.8 Å². The van der Waals surface area contributed by atoms with Crippen LogP contribution in [0.1, 0.15) is 22.3 Å². The van der Waals surface area contributed by atoms with E-state index >= 15 is 0 Å². The number of rotatable bonds is 16. The van der Waals surface area contributed by atoms with Gasteiger partial charge in [-0.1, -0.05) is 48.5 Å². The molecular formula is C43H56N6O5. The second-order valence-corrected chi connectivity index (χ2v) is 14.0. The quantitative estimate of drug-likeness (QED) is 0.147. The predicted molar refractivity (Wildman–Crippen MR) is 216 cm³/mol. The van der Waals surface area contributed by atoms with Gasteiger partial charge in [0.15, 0.2) is 0 Å². The monoisotopic (exact) mass is 736 g/mol. The fourth-order valence-corrected chi connectivity index (χ4v) is 6.08. The van der Waals surface area contributed by atoms with Crippen LogP contribution in [0.2, 0.25) is 0 Å². The molecule has 0 bridgehead atoms. The third kappa shape index (κ3) is 12.9. The molecule has 0 radical (unpaired) electrons. The Morgan fingerprint density at radius 3 is 1.41 bits per heavy atom. The smallest absolute Gasteiger partial charge is 0.237 e. The number of nitrogens with zero attached hydrogens (tertiary/aromatic N) is 6. The van der Waals surface area contributed by atoms with Crippen LogP contribution in [0.4, 0.5) is 11.4 Å². The zero-order valence-corrected chi connectivity index (χ0v) is 32.9. The first kappa shape index (κ1) is 41.4. The van der Waals surface area contributed by atoms with Crippen molar-refractivity contribution >= 4 is 29.5 Å². The molecule has 288 valence electrons. The van der Waals surface area contributed by atoms with Crippen LogP contribution in [0.15, 0.2) is 97.1 Å². The Kier molecular flexibility index (Phi) is 15.9. The molecule has 1 saturated heterocycles. The van der Waals surface area contributed by atoms with Crippen LogP contribution in [0.5, 0.6) is 11.5 Å². The molecule has 11 nitrogen and oxygen atoms in total. The van der Waals surface area contributed by atoms with Crippen LogP contribution in [0, 0.1) is 0 Å². The van der Waals surface area contributed by atoms with E-state index in [4.69, 9.17) is 9.47 Å². The Bertz CT molecular complexity index is 1750. The minimum Gasteiger partial charge on any atom is -0.497 e. The Labute approximate surface area is 321 Å². The van der Waals surface area contributed by atoms with E-state index in [1.807, 2.05) is 89.5 Å². The average Bonchev–Trinajstić information content (AvgIpc) is 3.17. The summed E-state index contributed by atoms with van der Waals surface area (Å²) in [5.74, 6) is 1.50. The van der Waals surface area contributed by atoms with Crippen molar-refractivity contribution in [3.63, 3.8) is 0 Å². The van der Waals surface area contributed by atoms with Gasteiger partial charge in [-0.25, -0.2) is 0 Å². The number of ether oxygens (including phenoxy) is 2. The summed E-state index contributed by atoms with van der Waals surface area (Å²) in [7, 11) is 13.6. The second-order valence-electron chi connectivity index (χ2n) is 14.0. The highest BCUT2D eigenvalue weighted by atomic mass is 16.5. The number of amides is 2. The molecule has 1 aliphatic heterocycles. The first-order valence-corrected chi connectivity index (χ1v) is 18.2. The molecule has 0 spiro atoms. The number of carbonyl (C=O) groups is 3. The minimum atomic E-state index is -0.123. The molecule has 0 aliphatic carbocycles. The Balaban J connectivity index is 0.000000266. The van der Waals surface area contributed by atoms with E-state index in [1.54, 1.807) is 14.2 Å². The molecule has 0 aromatic heterocycles. The summed E-state index contributed by atoms with van der Waals surface area (Å²) in [5, 5.41) is 0. The number of anilines is 2. The summed E-state index contributed by atoms with van der Waals surface area (Å²) in [6, 6.07) is 32.8. The molecule has 0 saturated carbocycles. The minimum absolute atomic E-state index is 0.0425. The van der Waals surface area contributed by atoms with Crippen molar-refractivity contribution in [1.82, 2.24) is 19.6 Å². The zero-order chi connectivity index (χ0) is 39.0. The average molecular weight is 737 g/mol. The number of hydrogen-bond acceptors (Lipinski definition) is 9. The number of piperazine rings is 1. The highest BCUT2D eigenvalue weighted by Gasteiger charge is 2.26. The number of benzene rings is 4. The van der Waals surface area contributed by atoms with Gasteiger partial charge in [0.1, 0.15) is 17.8 Å². The van der Waals surface area contributed by atoms with E-state index in [1.165, 1.54) is 21.7 Å². The second kappa shape index (κ2) is 20.7. The summed E-state index contributed by atoms with van der Waals surface area (Å²) in [4.78, 5) is 47.9. The van der Waals surface area contributed by atoms with Gasteiger partial charge in [0.05, 0.1) is 33.9 Å². The topological polar surface area (TPSA) is 89.1 Å². The molecule has 0 atom stereocenters. The number of aldehydes is 1. The SMILES string of the molecule is COc1ccc(CN(C)Cc2ccc(N(C)C)cc2)cc1.COc1ccc(CN(Cc2ccc(N(C)C)cc2)C(=O)CN2CCN(CC=O)C(=O)C2)cc1. The normalized spacial score (nSPS) is 12.8. The lowest BCUT2D eigenvalue weighted by Crippen LogP contribution is -2.53. The summed E-state index contributed by atoms with van der Waals surface area (Å²) >= 11 is 0. The maximum atomic E-state index is 13.3. The van der Waals surface area contributed by atoms with Gasteiger partial charge in [-0.15, -0.1) is 0 Å². The number of methoxy groups -OCH3 is 2. The summed E-state index contributed by atoms with van der Waals surface area (Å²) in [5.41, 5.74) is 6.99. The lowest BCUT2D eigenvalue weighted by atomic mass is 10.1. The zero-order valence-electron chi connectivity index (χ0n) is 32.9. The van der Waals surface area contributed by atoms with Crippen molar-refractivity contribution in [2.45, 2.75) is 26.2 Å². The van der Waals surface area contributed by atoms with Gasteiger partial charge >= 0.3 is 0 Å². The Hall–Kier alpha value is -5.39. The van der Waals surface area contributed by atoms with Crippen LogP contribution in [-0.4, -0.2) is 120 Å². The van der Waals surface area contributed by atoms with Crippen molar-refractivity contribution in [3.8, 4) is 11.5 Å². The van der Waals surface area contributed by atoms with Gasteiger partial charge in [-0.2, -0.15) is 0 Å². The van der Waals surface area contributed by atoms with Crippen LogP contribution in [-0.2, 0) is 40.6 Å². The Morgan fingerprint density at radius 2 is 1.04 bits per heavy atom. The van der Waals surface area contributed by atoms with Crippen LogP contribution >= 0.6 is 0 Å².